The van der Waals surface area contributed by atoms with Crippen LogP contribution in [0.3, 0.4) is 0 Å². The zero-order chi connectivity index (χ0) is 11.5. The van der Waals surface area contributed by atoms with Crippen molar-refractivity contribution in [3.63, 3.8) is 0 Å². The van der Waals surface area contributed by atoms with Crippen molar-refractivity contribution in [2.24, 2.45) is 0 Å². The topological polar surface area (TPSA) is 47.3 Å². The van der Waals surface area contributed by atoms with Gasteiger partial charge in [0, 0.05) is 17.0 Å². The molecule has 1 aromatic rings. The Balaban J connectivity index is 2.49. The van der Waals surface area contributed by atoms with Gasteiger partial charge in [-0.25, -0.2) is 0 Å². The molecule has 0 fully saturated rings. The third-order valence-corrected chi connectivity index (χ3v) is 3.50. The van der Waals surface area contributed by atoms with E-state index in [0.29, 0.717) is 5.70 Å². The van der Waals surface area contributed by atoms with Crippen molar-refractivity contribution in [3.05, 3.63) is 35.5 Å². The van der Waals surface area contributed by atoms with Gasteiger partial charge in [-0.05, 0) is 30.5 Å². The smallest absolute Gasteiger partial charge is 0.169 e. The quantitative estimate of drug-likeness (QED) is 0.796. The van der Waals surface area contributed by atoms with Gasteiger partial charge in [0.1, 0.15) is 6.07 Å². The molecule has 0 aliphatic carbocycles. The van der Waals surface area contributed by atoms with Crippen LogP contribution in [0.1, 0.15) is 18.9 Å². The van der Waals surface area contributed by atoms with Crippen LogP contribution < -0.4 is 0 Å². The second-order valence-electron chi connectivity index (χ2n) is 3.50. The molecule has 0 spiro atoms. The minimum absolute atomic E-state index is 0.0882. The molecule has 0 radical (unpaired) electrons. The van der Waals surface area contributed by atoms with Crippen LogP contribution in [-0.4, -0.2) is 16.0 Å². The second-order valence-corrected chi connectivity index (χ2v) is 4.56. The summed E-state index contributed by atoms with van der Waals surface area (Å²) in [7, 11) is 0. The average Bonchev–Trinajstić information content (AvgIpc) is 2.30. The van der Waals surface area contributed by atoms with Crippen molar-refractivity contribution >= 4 is 17.7 Å². The Hall–Kier alpha value is -1.60. The largest absolute Gasteiger partial charge is 0.504 e. The van der Waals surface area contributed by atoms with Crippen molar-refractivity contribution in [3.8, 4) is 6.07 Å². The number of benzene rings is 1. The van der Waals surface area contributed by atoms with Crippen LogP contribution in [0.15, 0.2) is 34.9 Å². The summed E-state index contributed by atoms with van der Waals surface area (Å²) in [6.45, 7) is 2.80. The van der Waals surface area contributed by atoms with Crippen LogP contribution in [0, 0.1) is 11.3 Å². The van der Waals surface area contributed by atoms with Crippen LogP contribution >= 0.6 is 11.9 Å². The number of aliphatic hydroxyl groups excluding tert-OH is 1. The van der Waals surface area contributed by atoms with Crippen LogP contribution in [0.4, 0.5) is 0 Å². The molecule has 82 valence electrons. The van der Waals surface area contributed by atoms with Crippen LogP contribution in [-0.2, 0) is 0 Å². The summed E-state index contributed by atoms with van der Waals surface area (Å²) in [5, 5.41) is 19.1. The summed E-state index contributed by atoms with van der Waals surface area (Å²) in [6.07, 6.45) is 0.938. The molecule has 1 heterocycles. The summed E-state index contributed by atoms with van der Waals surface area (Å²) in [5.41, 5.74) is 1.10. The highest BCUT2D eigenvalue weighted by molar-refractivity contribution is 7.97. The van der Waals surface area contributed by atoms with Gasteiger partial charge < -0.3 is 5.11 Å². The maximum absolute atomic E-state index is 10.0. The van der Waals surface area contributed by atoms with Gasteiger partial charge in [-0.3, -0.25) is 4.31 Å². The average molecular weight is 232 g/mol. The number of hydrogen-bond donors (Lipinski definition) is 1. The molecule has 0 bridgehead atoms. The summed E-state index contributed by atoms with van der Waals surface area (Å²) in [5.74, 6) is 0.0882. The summed E-state index contributed by atoms with van der Waals surface area (Å²) in [6, 6.07) is 9.64. The Labute approximate surface area is 99.1 Å². The molecule has 1 aliphatic rings. The number of aliphatic hydroxyl groups is 1. The lowest BCUT2D eigenvalue weighted by atomic mass is 10.1. The monoisotopic (exact) mass is 232 g/mol. The van der Waals surface area contributed by atoms with Gasteiger partial charge in [-0.1, -0.05) is 19.1 Å². The molecule has 0 unspecified atom stereocenters. The molecule has 4 heteroatoms. The van der Waals surface area contributed by atoms with Crippen molar-refractivity contribution in [2.75, 3.05) is 6.54 Å². The lowest BCUT2D eigenvalue weighted by Crippen LogP contribution is -2.20. The Kier molecular flexibility index (Phi) is 3.07. The molecule has 0 amide bonds. The molecular weight excluding hydrogens is 220 g/mol. The van der Waals surface area contributed by atoms with Gasteiger partial charge in [0.05, 0.1) is 0 Å². The first kappa shape index (κ1) is 10.9. The molecule has 1 aromatic carbocycles. The third-order valence-electron chi connectivity index (χ3n) is 2.36. The van der Waals surface area contributed by atoms with Crippen molar-refractivity contribution in [1.29, 1.82) is 5.26 Å². The van der Waals surface area contributed by atoms with E-state index in [2.05, 4.69) is 6.07 Å². The molecule has 0 saturated heterocycles. The zero-order valence-corrected chi connectivity index (χ0v) is 9.79. The van der Waals surface area contributed by atoms with Crippen LogP contribution in [0.5, 0.6) is 0 Å². The van der Waals surface area contributed by atoms with Crippen LogP contribution in [0.25, 0.3) is 5.76 Å². The van der Waals surface area contributed by atoms with E-state index in [9.17, 15) is 5.11 Å². The minimum atomic E-state index is 0.0882. The molecule has 3 nitrogen and oxygen atoms in total. The van der Waals surface area contributed by atoms with E-state index >= 15 is 0 Å². The Morgan fingerprint density at radius 3 is 2.88 bits per heavy atom. The Morgan fingerprint density at radius 1 is 1.44 bits per heavy atom. The number of nitriles is 1. The molecule has 2 rings (SSSR count). The molecule has 1 N–H and O–H groups in total. The third kappa shape index (κ3) is 1.74. The predicted octanol–water partition coefficient (Wildman–Crippen LogP) is 3.17. The fourth-order valence-corrected chi connectivity index (χ4v) is 2.75. The normalized spacial score (nSPS) is 14.6. The first-order valence-corrected chi connectivity index (χ1v) is 5.93. The van der Waals surface area contributed by atoms with Gasteiger partial charge in [0.25, 0.3) is 0 Å². The van der Waals surface area contributed by atoms with Gasteiger partial charge >= 0.3 is 0 Å². The standard InChI is InChI=1S/C12H12N2OS/c1-2-7-14-10(8-13)12(15)9-5-3-4-6-11(9)16-14/h3-6,15H,2,7H2,1H3. The van der Waals surface area contributed by atoms with Crippen LogP contribution in [0.2, 0.25) is 0 Å². The number of fused-ring (bicyclic) bond motifs is 1. The molecule has 1 aliphatic heterocycles. The Morgan fingerprint density at radius 2 is 2.19 bits per heavy atom. The van der Waals surface area contributed by atoms with E-state index in [1.54, 1.807) is 0 Å². The van der Waals surface area contributed by atoms with Gasteiger partial charge in [-0.2, -0.15) is 5.26 Å². The van der Waals surface area contributed by atoms with E-state index in [1.165, 1.54) is 11.9 Å². The van der Waals surface area contributed by atoms with Crippen molar-refractivity contribution in [1.82, 2.24) is 4.31 Å². The number of nitrogens with zero attached hydrogens (tertiary/aromatic N) is 2. The van der Waals surface area contributed by atoms with E-state index in [-0.39, 0.29) is 5.76 Å². The Bertz CT molecular complexity index is 476. The molecule has 0 saturated carbocycles. The lowest BCUT2D eigenvalue weighted by molar-refractivity contribution is 0.476. The van der Waals surface area contributed by atoms with E-state index in [1.807, 2.05) is 35.5 Å². The van der Waals surface area contributed by atoms with Crippen molar-refractivity contribution < 1.29 is 5.11 Å². The van der Waals surface area contributed by atoms with E-state index in [0.717, 1.165) is 23.4 Å². The van der Waals surface area contributed by atoms with E-state index < -0.39 is 0 Å². The number of rotatable bonds is 2. The predicted molar refractivity (Wildman–Crippen MR) is 64.5 cm³/mol. The molecule has 0 aromatic heterocycles. The molecule has 16 heavy (non-hydrogen) atoms. The zero-order valence-electron chi connectivity index (χ0n) is 8.97. The second kappa shape index (κ2) is 4.50. The van der Waals surface area contributed by atoms with Gasteiger partial charge in [0.15, 0.2) is 11.5 Å². The maximum atomic E-state index is 10.0. The minimum Gasteiger partial charge on any atom is -0.504 e. The van der Waals surface area contributed by atoms with Gasteiger partial charge in [0.2, 0.25) is 0 Å². The first-order valence-electron chi connectivity index (χ1n) is 5.16. The fraction of sp³-hybridized carbons (Fsp3) is 0.250. The highest BCUT2D eigenvalue weighted by atomic mass is 32.2. The SMILES string of the molecule is CCCN1Sc2ccccc2C(O)=C1C#N. The van der Waals surface area contributed by atoms with E-state index in [4.69, 9.17) is 5.26 Å². The first-order chi connectivity index (χ1) is 7.77. The highest BCUT2D eigenvalue weighted by Gasteiger charge is 2.24. The molecule has 0 atom stereocenters. The number of allylic oxidation sites excluding steroid dienone is 1. The summed E-state index contributed by atoms with van der Waals surface area (Å²) < 4.78 is 1.84. The summed E-state index contributed by atoms with van der Waals surface area (Å²) >= 11 is 1.51. The number of hydrogen-bond acceptors (Lipinski definition) is 4. The van der Waals surface area contributed by atoms with Gasteiger partial charge in [-0.15, -0.1) is 0 Å². The highest BCUT2D eigenvalue weighted by Crippen LogP contribution is 2.39. The lowest BCUT2D eigenvalue weighted by Gasteiger charge is -2.27. The summed E-state index contributed by atoms with van der Waals surface area (Å²) in [4.78, 5) is 0.993. The molecular formula is C12H12N2OS. The fourth-order valence-electron chi connectivity index (χ4n) is 1.62. The maximum Gasteiger partial charge on any atom is 0.169 e. The van der Waals surface area contributed by atoms with Crippen molar-refractivity contribution in [2.45, 2.75) is 18.2 Å².